The summed E-state index contributed by atoms with van der Waals surface area (Å²) in [4.78, 5) is 43.0. The van der Waals surface area contributed by atoms with Crippen LogP contribution in [0.4, 0.5) is 4.79 Å². The average Bonchev–Trinajstić information content (AvgIpc) is 3.29. The number of carbonyl (C=O) groups is 3. The molecule has 9 heteroatoms. The normalized spacial score (nSPS) is 17.4. The number of ether oxygens (including phenoxy) is 1. The van der Waals surface area contributed by atoms with E-state index in [1.54, 1.807) is 4.57 Å². The Labute approximate surface area is 190 Å². The van der Waals surface area contributed by atoms with Gasteiger partial charge in [-0.1, -0.05) is 49.6 Å². The van der Waals surface area contributed by atoms with Crippen molar-refractivity contribution in [2.45, 2.75) is 50.8 Å². The van der Waals surface area contributed by atoms with Crippen LogP contribution in [-0.2, 0) is 22.7 Å². The number of hydrogen-bond donors (Lipinski definition) is 2. The van der Waals surface area contributed by atoms with Gasteiger partial charge in [0.25, 0.3) is 11.8 Å². The van der Waals surface area contributed by atoms with Crippen LogP contribution in [-0.4, -0.2) is 37.9 Å². The molecule has 0 atom stereocenters. The van der Waals surface area contributed by atoms with E-state index in [0.29, 0.717) is 24.4 Å². The Morgan fingerprint density at radius 2 is 1.76 bits per heavy atom. The first-order valence-electron chi connectivity index (χ1n) is 11.1. The Morgan fingerprint density at radius 3 is 2.55 bits per heavy atom. The number of carbonyl (C=O) groups excluding carboxylic acids is 3. The molecule has 3 aromatic rings. The molecule has 1 aliphatic carbocycles. The Kier molecular flexibility index (Phi) is 5.45. The van der Waals surface area contributed by atoms with Gasteiger partial charge in [-0.25, -0.2) is 9.78 Å². The Morgan fingerprint density at radius 1 is 1.03 bits per heavy atom. The summed E-state index contributed by atoms with van der Waals surface area (Å²) in [6.45, 7) is 0.0519. The number of nitrogens with one attached hydrogen (secondary N) is 2. The topological polar surface area (TPSA) is 106 Å². The highest BCUT2D eigenvalue weighted by atomic mass is 16.5. The number of amides is 4. The second-order valence-electron chi connectivity index (χ2n) is 8.45. The number of urea groups is 1. The Bertz CT molecular complexity index is 1200. The summed E-state index contributed by atoms with van der Waals surface area (Å²) in [7, 11) is 0. The molecule has 1 spiro atoms. The van der Waals surface area contributed by atoms with Gasteiger partial charge in [0.15, 0.2) is 0 Å². The summed E-state index contributed by atoms with van der Waals surface area (Å²) in [5.41, 5.74) is 3.10. The van der Waals surface area contributed by atoms with E-state index in [1.807, 2.05) is 54.6 Å². The fraction of sp³-hybridized carbons (Fsp3) is 0.333. The lowest BCUT2D eigenvalue weighted by molar-refractivity contribution is -0.140. The van der Waals surface area contributed by atoms with E-state index >= 15 is 0 Å². The lowest BCUT2D eigenvalue weighted by atomic mass is 9.82. The third kappa shape index (κ3) is 4.02. The third-order valence-electron chi connectivity index (χ3n) is 6.25. The predicted octanol–water partition coefficient (Wildman–Crippen LogP) is 2.90. The van der Waals surface area contributed by atoms with Crippen LogP contribution in [0.3, 0.4) is 0 Å². The minimum Gasteiger partial charge on any atom is -0.486 e. The Balaban J connectivity index is 1.33. The summed E-state index contributed by atoms with van der Waals surface area (Å²) >= 11 is 0. The standard InChI is InChI=1S/C24H25N5O4/c30-21(27-29-22(31)24(26-23(29)32)13-7-2-8-14-24)15-28-19-12-6-5-11-18(19)25-20(28)16-33-17-9-3-1-4-10-17/h1,3-6,9-12H,2,7-8,13-16H2,(H,26,32)(H,27,30). The summed E-state index contributed by atoms with van der Waals surface area (Å²) in [5.74, 6) is 0.382. The molecule has 33 heavy (non-hydrogen) atoms. The number of benzene rings is 2. The number of imide groups is 1. The molecule has 1 saturated carbocycles. The highest BCUT2D eigenvalue weighted by molar-refractivity contribution is 6.08. The lowest BCUT2D eigenvalue weighted by Gasteiger charge is -2.30. The molecule has 4 amide bonds. The molecule has 0 unspecified atom stereocenters. The number of fused-ring (bicyclic) bond motifs is 1. The van der Waals surface area contributed by atoms with Crippen LogP contribution in [0.5, 0.6) is 5.75 Å². The van der Waals surface area contributed by atoms with Gasteiger partial charge in [-0.2, -0.15) is 5.01 Å². The van der Waals surface area contributed by atoms with Gasteiger partial charge in [0.2, 0.25) is 0 Å². The minimum atomic E-state index is -0.890. The van der Waals surface area contributed by atoms with Crippen molar-refractivity contribution in [2.24, 2.45) is 0 Å². The van der Waals surface area contributed by atoms with Gasteiger partial charge in [0, 0.05) is 0 Å². The lowest BCUT2D eigenvalue weighted by Crippen LogP contribution is -2.51. The molecular formula is C24H25N5O4. The first-order valence-corrected chi connectivity index (χ1v) is 11.1. The van der Waals surface area contributed by atoms with Crippen molar-refractivity contribution in [2.75, 3.05) is 0 Å². The third-order valence-corrected chi connectivity index (χ3v) is 6.25. The SMILES string of the molecule is O=C(Cn1c(COc2ccccc2)nc2ccccc21)NN1C(=O)NC2(CCCCC2)C1=O. The molecule has 170 valence electrons. The Hall–Kier alpha value is -3.88. The zero-order chi connectivity index (χ0) is 22.8. The van der Waals surface area contributed by atoms with E-state index in [9.17, 15) is 14.4 Å². The van der Waals surface area contributed by atoms with E-state index in [2.05, 4.69) is 15.7 Å². The first-order chi connectivity index (χ1) is 16.1. The van der Waals surface area contributed by atoms with E-state index in [0.717, 1.165) is 35.3 Å². The van der Waals surface area contributed by atoms with Crippen molar-refractivity contribution in [1.82, 2.24) is 25.3 Å². The van der Waals surface area contributed by atoms with Gasteiger partial charge < -0.3 is 14.6 Å². The molecule has 2 aliphatic rings. The fourth-order valence-corrected chi connectivity index (χ4v) is 4.60. The van der Waals surface area contributed by atoms with Gasteiger partial charge in [-0.3, -0.25) is 15.0 Å². The van der Waals surface area contributed by atoms with E-state index in [4.69, 9.17) is 4.74 Å². The van der Waals surface area contributed by atoms with Crippen LogP contribution < -0.4 is 15.5 Å². The molecule has 0 radical (unpaired) electrons. The highest BCUT2D eigenvalue weighted by Crippen LogP contribution is 2.33. The number of rotatable bonds is 6. The molecule has 2 N–H and O–H groups in total. The number of imidazole rings is 1. The summed E-state index contributed by atoms with van der Waals surface area (Å²) in [6, 6.07) is 16.2. The number of hydrogen-bond acceptors (Lipinski definition) is 5. The number of hydrazine groups is 1. The van der Waals surface area contributed by atoms with Crippen LogP contribution in [0.1, 0.15) is 37.9 Å². The van der Waals surface area contributed by atoms with Crippen molar-refractivity contribution in [3.05, 3.63) is 60.4 Å². The average molecular weight is 447 g/mol. The molecule has 9 nitrogen and oxygen atoms in total. The smallest absolute Gasteiger partial charge is 0.344 e. The maximum absolute atomic E-state index is 13.0. The summed E-state index contributed by atoms with van der Waals surface area (Å²) in [6.07, 6.45) is 3.98. The fourth-order valence-electron chi connectivity index (χ4n) is 4.60. The molecule has 1 saturated heterocycles. The van der Waals surface area contributed by atoms with Crippen molar-refractivity contribution in [1.29, 1.82) is 0 Å². The van der Waals surface area contributed by atoms with Crippen LogP contribution >= 0.6 is 0 Å². The molecule has 2 aromatic carbocycles. The maximum Gasteiger partial charge on any atom is 0.344 e. The maximum atomic E-state index is 13.0. The van der Waals surface area contributed by atoms with E-state index in [-0.39, 0.29) is 19.1 Å². The monoisotopic (exact) mass is 447 g/mol. The molecule has 5 rings (SSSR count). The van der Waals surface area contributed by atoms with Crippen LogP contribution in [0.25, 0.3) is 11.0 Å². The zero-order valence-corrected chi connectivity index (χ0v) is 18.1. The minimum absolute atomic E-state index is 0.113. The molecule has 2 heterocycles. The quantitative estimate of drug-likeness (QED) is 0.566. The predicted molar refractivity (Wildman–Crippen MR) is 120 cm³/mol. The molecule has 0 bridgehead atoms. The van der Waals surface area contributed by atoms with E-state index < -0.39 is 17.5 Å². The van der Waals surface area contributed by atoms with Gasteiger partial charge >= 0.3 is 6.03 Å². The van der Waals surface area contributed by atoms with E-state index in [1.165, 1.54) is 0 Å². The summed E-state index contributed by atoms with van der Waals surface area (Å²) < 4.78 is 7.58. The van der Waals surface area contributed by atoms with Crippen molar-refractivity contribution >= 4 is 28.9 Å². The molecule has 1 aromatic heterocycles. The van der Waals surface area contributed by atoms with Gasteiger partial charge in [0.05, 0.1) is 11.0 Å². The molecule has 1 aliphatic heterocycles. The van der Waals surface area contributed by atoms with Gasteiger partial charge in [-0.15, -0.1) is 0 Å². The number of nitrogens with zero attached hydrogens (tertiary/aromatic N) is 3. The van der Waals surface area contributed by atoms with Gasteiger partial charge in [0.1, 0.15) is 30.3 Å². The zero-order valence-electron chi connectivity index (χ0n) is 18.1. The first kappa shape index (κ1) is 21.0. The number of para-hydroxylation sites is 3. The second kappa shape index (κ2) is 8.57. The number of aromatic nitrogens is 2. The highest BCUT2D eigenvalue weighted by Gasteiger charge is 2.52. The second-order valence-corrected chi connectivity index (χ2v) is 8.45. The van der Waals surface area contributed by atoms with Crippen LogP contribution in [0, 0.1) is 0 Å². The van der Waals surface area contributed by atoms with Crippen LogP contribution in [0.15, 0.2) is 54.6 Å². The van der Waals surface area contributed by atoms with Gasteiger partial charge in [-0.05, 0) is 37.1 Å². The van der Waals surface area contributed by atoms with Crippen LogP contribution in [0.2, 0.25) is 0 Å². The van der Waals surface area contributed by atoms with Crippen molar-refractivity contribution < 1.29 is 19.1 Å². The van der Waals surface area contributed by atoms with Crippen molar-refractivity contribution in [3.63, 3.8) is 0 Å². The summed E-state index contributed by atoms with van der Waals surface area (Å²) in [5, 5.41) is 3.62. The van der Waals surface area contributed by atoms with Crippen molar-refractivity contribution in [3.8, 4) is 5.75 Å². The largest absolute Gasteiger partial charge is 0.486 e. The molecular weight excluding hydrogens is 422 g/mol. The molecule has 2 fully saturated rings.